The van der Waals surface area contributed by atoms with Crippen molar-refractivity contribution in [1.29, 1.82) is 0 Å². The Morgan fingerprint density at radius 1 is 1.33 bits per heavy atom. The van der Waals surface area contributed by atoms with Crippen molar-refractivity contribution in [2.45, 2.75) is 13.8 Å². The summed E-state index contributed by atoms with van der Waals surface area (Å²) in [5.41, 5.74) is 0.800. The molecule has 78 valence electrons. The SMILES string of the molecule is Cc1cc(-n2nnnc2C)c(O)cc1F. The van der Waals surface area contributed by atoms with Crippen LogP contribution in [0.15, 0.2) is 12.1 Å². The third-order valence-corrected chi connectivity index (χ3v) is 2.11. The number of halogens is 1. The number of aromatic hydroxyl groups is 1. The third kappa shape index (κ3) is 1.54. The van der Waals surface area contributed by atoms with Crippen LogP contribution >= 0.6 is 0 Å². The fraction of sp³-hybridized carbons (Fsp3) is 0.222. The van der Waals surface area contributed by atoms with Gasteiger partial charge in [-0.3, -0.25) is 0 Å². The molecule has 0 amide bonds. The molecule has 0 fully saturated rings. The number of hydrogen-bond donors (Lipinski definition) is 1. The lowest BCUT2D eigenvalue weighted by molar-refractivity contribution is 0.462. The molecule has 6 heteroatoms. The highest BCUT2D eigenvalue weighted by molar-refractivity contribution is 5.48. The number of phenols is 1. The minimum atomic E-state index is -0.457. The van der Waals surface area contributed by atoms with E-state index >= 15 is 0 Å². The van der Waals surface area contributed by atoms with E-state index in [2.05, 4.69) is 15.5 Å². The van der Waals surface area contributed by atoms with E-state index in [1.54, 1.807) is 13.8 Å². The molecule has 2 rings (SSSR count). The van der Waals surface area contributed by atoms with Crippen LogP contribution in [0.25, 0.3) is 5.69 Å². The molecule has 1 aromatic heterocycles. The second-order valence-electron chi connectivity index (χ2n) is 3.23. The summed E-state index contributed by atoms with van der Waals surface area (Å²) in [5.74, 6) is -0.119. The molecule has 0 aliphatic rings. The lowest BCUT2D eigenvalue weighted by Crippen LogP contribution is -2.01. The van der Waals surface area contributed by atoms with Gasteiger partial charge in [0.05, 0.1) is 0 Å². The van der Waals surface area contributed by atoms with E-state index < -0.39 is 5.82 Å². The maximum atomic E-state index is 13.1. The van der Waals surface area contributed by atoms with E-state index in [0.717, 1.165) is 6.07 Å². The van der Waals surface area contributed by atoms with E-state index in [9.17, 15) is 9.50 Å². The molecular formula is C9H9FN4O. The lowest BCUT2D eigenvalue weighted by atomic mass is 10.2. The van der Waals surface area contributed by atoms with Gasteiger partial charge in [-0.15, -0.1) is 5.10 Å². The van der Waals surface area contributed by atoms with E-state index in [0.29, 0.717) is 17.1 Å². The molecule has 0 spiro atoms. The Labute approximate surface area is 85.2 Å². The van der Waals surface area contributed by atoms with Gasteiger partial charge in [0.2, 0.25) is 0 Å². The smallest absolute Gasteiger partial charge is 0.153 e. The van der Waals surface area contributed by atoms with Gasteiger partial charge < -0.3 is 5.11 Å². The number of hydrogen-bond acceptors (Lipinski definition) is 4. The molecule has 0 saturated carbocycles. The quantitative estimate of drug-likeness (QED) is 0.762. The zero-order chi connectivity index (χ0) is 11.0. The van der Waals surface area contributed by atoms with Crippen LogP contribution in [0.1, 0.15) is 11.4 Å². The van der Waals surface area contributed by atoms with Gasteiger partial charge in [-0.2, -0.15) is 4.68 Å². The number of nitrogens with zero attached hydrogens (tertiary/aromatic N) is 4. The Morgan fingerprint density at radius 2 is 2.07 bits per heavy atom. The van der Waals surface area contributed by atoms with Crippen LogP contribution in [0.4, 0.5) is 4.39 Å². The molecule has 1 heterocycles. The van der Waals surface area contributed by atoms with Crippen molar-refractivity contribution < 1.29 is 9.50 Å². The second-order valence-corrected chi connectivity index (χ2v) is 3.23. The molecule has 0 saturated heterocycles. The minimum absolute atomic E-state index is 0.187. The maximum Gasteiger partial charge on any atom is 0.153 e. The van der Waals surface area contributed by atoms with Gasteiger partial charge in [0.25, 0.3) is 0 Å². The highest BCUT2D eigenvalue weighted by Crippen LogP contribution is 2.24. The average molecular weight is 208 g/mol. The molecule has 5 nitrogen and oxygen atoms in total. The topological polar surface area (TPSA) is 63.8 Å². The van der Waals surface area contributed by atoms with Gasteiger partial charge in [-0.25, -0.2) is 4.39 Å². The number of rotatable bonds is 1. The van der Waals surface area contributed by atoms with Gasteiger partial charge in [-0.05, 0) is 35.9 Å². The number of aryl methyl sites for hydroxylation is 2. The highest BCUT2D eigenvalue weighted by Gasteiger charge is 2.11. The van der Waals surface area contributed by atoms with Gasteiger partial charge in [0, 0.05) is 6.07 Å². The van der Waals surface area contributed by atoms with Crippen molar-refractivity contribution >= 4 is 0 Å². The first-order valence-corrected chi connectivity index (χ1v) is 4.34. The summed E-state index contributed by atoms with van der Waals surface area (Å²) in [6.07, 6.45) is 0. The molecule has 0 aliphatic carbocycles. The Morgan fingerprint density at radius 3 is 2.67 bits per heavy atom. The van der Waals surface area contributed by atoms with E-state index in [1.165, 1.54) is 10.7 Å². The summed E-state index contributed by atoms with van der Waals surface area (Å²) in [6.45, 7) is 3.30. The van der Waals surface area contributed by atoms with E-state index in [1.807, 2.05) is 0 Å². The average Bonchev–Trinajstić information content (AvgIpc) is 2.58. The van der Waals surface area contributed by atoms with Gasteiger partial charge in [0.1, 0.15) is 17.3 Å². The lowest BCUT2D eigenvalue weighted by Gasteiger charge is -2.06. The first-order chi connectivity index (χ1) is 7.09. The Kier molecular flexibility index (Phi) is 2.11. The molecule has 1 aromatic carbocycles. The maximum absolute atomic E-state index is 13.1. The molecule has 0 bridgehead atoms. The van der Waals surface area contributed by atoms with Crippen LogP contribution in [0.3, 0.4) is 0 Å². The van der Waals surface area contributed by atoms with Crippen LogP contribution in [0, 0.1) is 19.7 Å². The minimum Gasteiger partial charge on any atom is -0.506 e. The Hall–Kier alpha value is -1.98. The van der Waals surface area contributed by atoms with E-state index in [-0.39, 0.29) is 5.75 Å². The summed E-state index contributed by atoms with van der Waals surface area (Å²) in [7, 11) is 0. The van der Waals surface area contributed by atoms with Crippen molar-refractivity contribution in [1.82, 2.24) is 20.2 Å². The van der Waals surface area contributed by atoms with Crippen LogP contribution in [-0.4, -0.2) is 25.3 Å². The third-order valence-electron chi connectivity index (χ3n) is 2.11. The number of aromatic nitrogens is 4. The summed E-state index contributed by atoms with van der Waals surface area (Å²) in [6, 6.07) is 2.54. The molecule has 15 heavy (non-hydrogen) atoms. The zero-order valence-electron chi connectivity index (χ0n) is 8.27. The predicted octanol–water partition coefficient (Wildman–Crippen LogP) is 1.12. The molecule has 0 atom stereocenters. The van der Waals surface area contributed by atoms with Gasteiger partial charge in [-0.1, -0.05) is 0 Å². The number of tetrazole rings is 1. The second kappa shape index (κ2) is 3.30. The van der Waals surface area contributed by atoms with Crippen molar-refractivity contribution in [2.24, 2.45) is 0 Å². The van der Waals surface area contributed by atoms with Crippen LogP contribution in [-0.2, 0) is 0 Å². The van der Waals surface area contributed by atoms with Crippen LogP contribution in [0.2, 0.25) is 0 Å². The fourth-order valence-electron chi connectivity index (χ4n) is 1.28. The first-order valence-electron chi connectivity index (χ1n) is 4.34. The Bertz CT molecular complexity index is 509. The molecule has 2 aromatic rings. The summed E-state index contributed by atoms with van der Waals surface area (Å²) in [4.78, 5) is 0. The predicted molar refractivity (Wildman–Crippen MR) is 50.3 cm³/mol. The van der Waals surface area contributed by atoms with Crippen LogP contribution < -0.4 is 0 Å². The Balaban J connectivity index is 2.64. The summed E-state index contributed by atoms with van der Waals surface area (Å²) < 4.78 is 14.4. The molecule has 0 unspecified atom stereocenters. The molecule has 0 aliphatic heterocycles. The van der Waals surface area contributed by atoms with E-state index in [4.69, 9.17) is 0 Å². The normalized spacial score (nSPS) is 10.6. The first kappa shape index (κ1) is 9.57. The standard InChI is InChI=1S/C9H9FN4O/c1-5-3-8(9(15)4-7(5)10)14-6(2)11-12-13-14/h3-4,15H,1-2H3. The monoisotopic (exact) mass is 208 g/mol. The highest BCUT2D eigenvalue weighted by atomic mass is 19.1. The number of phenolic OH excluding ortho intramolecular Hbond substituents is 1. The molecule has 1 N–H and O–H groups in total. The summed E-state index contributed by atoms with van der Waals surface area (Å²) in [5, 5.41) is 20.4. The van der Waals surface area contributed by atoms with Crippen molar-refractivity contribution in [2.75, 3.05) is 0 Å². The van der Waals surface area contributed by atoms with Crippen LogP contribution in [0.5, 0.6) is 5.75 Å². The fourth-order valence-corrected chi connectivity index (χ4v) is 1.28. The zero-order valence-corrected chi connectivity index (χ0v) is 8.27. The molecular weight excluding hydrogens is 199 g/mol. The van der Waals surface area contributed by atoms with Crippen molar-refractivity contribution in [3.05, 3.63) is 29.3 Å². The van der Waals surface area contributed by atoms with Gasteiger partial charge >= 0.3 is 0 Å². The number of benzene rings is 1. The van der Waals surface area contributed by atoms with Gasteiger partial charge in [0.15, 0.2) is 5.82 Å². The largest absolute Gasteiger partial charge is 0.506 e. The molecule has 0 radical (unpaired) electrons. The van der Waals surface area contributed by atoms with Crippen molar-refractivity contribution in [3.63, 3.8) is 0 Å². The summed E-state index contributed by atoms with van der Waals surface area (Å²) >= 11 is 0. The van der Waals surface area contributed by atoms with Crippen molar-refractivity contribution in [3.8, 4) is 11.4 Å².